The van der Waals surface area contributed by atoms with Gasteiger partial charge in [0.15, 0.2) is 6.61 Å². The fourth-order valence-corrected chi connectivity index (χ4v) is 5.96. The number of hydrogen-bond donors (Lipinski definition) is 2. The van der Waals surface area contributed by atoms with Crippen molar-refractivity contribution >= 4 is 23.5 Å². The van der Waals surface area contributed by atoms with Gasteiger partial charge in [0.05, 0.1) is 12.3 Å². The smallest absolute Gasteiger partial charge is 0.325 e. The molecule has 4 aliphatic rings. The molecular weight excluding hydrogens is 384 g/mol. The second-order valence-electron chi connectivity index (χ2n) is 9.02. The highest BCUT2D eigenvalue weighted by atomic mass is 16.5. The zero-order chi connectivity index (χ0) is 21.1. The Balaban J connectivity index is 1.22. The van der Waals surface area contributed by atoms with Crippen LogP contribution in [0.4, 0.5) is 5.69 Å². The summed E-state index contributed by atoms with van der Waals surface area (Å²) in [6, 6.07) is 7.07. The molecule has 1 aromatic carbocycles. The van der Waals surface area contributed by atoms with Gasteiger partial charge in [-0.05, 0) is 75.3 Å². The number of carbonyl (C=O) groups excluding carboxylic acids is 3. The van der Waals surface area contributed by atoms with Crippen molar-refractivity contribution in [3.8, 4) is 5.75 Å². The summed E-state index contributed by atoms with van der Waals surface area (Å²) >= 11 is 0. The lowest BCUT2D eigenvalue weighted by molar-refractivity contribution is -0.152. The number of esters is 1. The molecule has 0 radical (unpaired) electrons. The minimum absolute atomic E-state index is 0.0198. The van der Waals surface area contributed by atoms with Gasteiger partial charge in [0.2, 0.25) is 5.91 Å². The van der Waals surface area contributed by atoms with Crippen molar-refractivity contribution in [2.24, 2.45) is 23.2 Å². The van der Waals surface area contributed by atoms with Crippen molar-refractivity contribution in [1.82, 2.24) is 5.32 Å². The molecule has 0 saturated heterocycles. The lowest BCUT2D eigenvalue weighted by Crippen LogP contribution is -2.54. The van der Waals surface area contributed by atoms with E-state index in [1.54, 1.807) is 18.2 Å². The Labute approximate surface area is 176 Å². The molecule has 0 heterocycles. The van der Waals surface area contributed by atoms with E-state index in [-0.39, 0.29) is 17.9 Å². The van der Waals surface area contributed by atoms with Crippen LogP contribution in [0.5, 0.6) is 5.75 Å². The van der Waals surface area contributed by atoms with Gasteiger partial charge in [-0.25, -0.2) is 0 Å². The predicted molar refractivity (Wildman–Crippen MR) is 111 cm³/mol. The normalized spacial score (nSPS) is 28.6. The molecule has 162 valence electrons. The Morgan fingerprint density at radius 1 is 1.03 bits per heavy atom. The highest BCUT2D eigenvalue weighted by Gasteiger charge is 2.54. The van der Waals surface area contributed by atoms with Gasteiger partial charge in [-0.15, -0.1) is 0 Å². The Kier molecular flexibility index (Phi) is 5.97. The van der Waals surface area contributed by atoms with E-state index in [9.17, 15) is 14.4 Å². The van der Waals surface area contributed by atoms with Gasteiger partial charge >= 0.3 is 5.97 Å². The van der Waals surface area contributed by atoms with Crippen molar-refractivity contribution in [2.45, 2.75) is 45.4 Å². The zero-order valence-corrected chi connectivity index (χ0v) is 17.4. The van der Waals surface area contributed by atoms with Gasteiger partial charge in [0.1, 0.15) is 12.3 Å². The third-order valence-corrected chi connectivity index (χ3v) is 6.74. The standard InChI is InChI=1S/C23H30N2O5/c1-2-29-19-6-4-3-5-18(19)25-20(26)14-30-21(27)13-24-22(28)23-10-15-7-16(11-23)9-17(8-15)12-23/h3-6,15-17H,2,7-14H2,1H3,(H,24,28)(H,25,26). The Morgan fingerprint density at radius 3 is 2.30 bits per heavy atom. The largest absolute Gasteiger partial charge is 0.492 e. The van der Waals surface area contributed by atoms with Gasteiger partial charge < -0.3 is 20.1 Å². The number of anilines is 1. The molecule has 0 atom stereocenters. The van der Waals surface area contributed by atoms with Gasteiger partial charge in [-0.1, -0.05) is 12.1 Å². The van der Waals surface area contributed by atoms with Crippen LogP contribution in [0.3, 0.4) is 0 Å². The van der Waals surface area contributed by atoms with Gasteiger partial charge in [0, 0.05) is 5.41 Å². The quantitative estimate of drug-likeness (QED) is 0.638. The average Bonchev–Trinajstić information content (AvgIpc) is 2.71. The van der Waals surface area contributed by atoms with Crippen LogP contribution >= 0.6 is 0 Å². The second kappa shape index (κ2) is 8.66. The maximum atomic E-state index is 12.9. The van der Waals surface area contributed by atoms with E-state index < -0.39 is 18.5 Å². The number of ether oxygens (including phenoxy) is 2. The monoisotopic (exact) mass is 414 g/mol. The molecule has 4 bridgehead atoms. The van der Waals surface area contributed by atoms with E-state index in [1.807, 2.05) is 13.0 Å². The van der Waals surface area contributed by atoms with E-state index in [0.717, 1.165) is 19.3 Å². The van der Waals surface area contributed by atoms with Crippen molar-refractivity contribution in [3.05, 3.63) is 24.3 Å². The maximum Gasteiger partial charge on any atom is 0.325 e. The van der Waals surface area contributed by atoms with E-state index in [1.165, 1.54) is 19.3 Å². The number of hydrogen-bond acceptors (Lipinski definition) is 5. The third kappa shape index (κ3) is 4.45. The third-order valence-electron chi connectivity index (χ3n) is 6.74. The molecule has 4 saturated carbocycles. The highest BCUT2D eigenvalue weighted by molar-refractivity contribution is 5.94. The van der Waals surface area contributed by atoms with Crippen molar-refractivity contribution in [1.29, 1.82) is 0 Å². The zero-order valence-electron chi connectivity index (χ0n) is 17.4. The van der Waals surface area contributed by atoms with Crippen LogP contribution in [0.15, 0.2) is 24.3 Å². The minimum atomic E-state index is -0.610. The van der Waals surface area contributed by atoms with Gasteiger partial charge in [-0.3, -0.25) is 14.4 Å². The van der Waals surface area contributed by atoms with Crippen LogP contribution in [-0.4, -0.2) is 37.5 Å². The molecule has 0 unspecified atom stereocenters. The topological polar surface area (TPSA) is 93.7 Å². The lowest BCUT2D eigenvalue weighted by Gasteiger charge is -2.55. The molecule has 7 nitrogen and oxygen atoms in total. The molecule has 4 aliphatic carbocycles. The first-order valence-electron chi connectivity index (χ1n) is 10.9. The highest BCUT2D eigenvalue weighted by Crippen LogP contribution is 2.60. The van der Waals surface area contributed by atoms with Crippen LogP contribution in [-0.2, 0) is 19.1 Å². The van der Waals surface area contributed by atoms with Crippen molar-refractivity contribution in [2.75, 3.05) is 25.1 Å². The number of nitrogens with one attached hydrogen (secondary N) is 2. The molecule has 0 spiro atoms. The summed E-state index contributed by atoms with van der Waals surface area (Å²) in [5.41, 5.74) is 0.227. The van der Waals surface area contributed by atoms with Crippen molar-refractivity contribution in [3.63, 3.8) is 0 Å². The second-order valence-corrected chi connectivity index (χ2v) is 9.02. The number of benzene rings is 1. The van der Waals surface area contributed by atoms with E-state index >= 15 is 0 Å². The molecule has 30 heavy (non-hydrogen) atoms. The summed E-state index contributed by atoms with van der Waals surface area (Å²) < 4.78 is 10.5. The van der Waals surface area contributed by atoms with E-state index in [4.69, 9.17) is 9.47 Å². The molecule has 0 aromatic heterocycles. The minimum Gasteiger partial charge on any atom is -0.492 e. The lowest BCUT2D eigenvalue weighted by atomic mass is 9.49. The number of para-hydroxylation sites is 2. The summed E-state index contributed by atoms with van der Waals surface area (Å²) in [5, 5.41) is 5.45. The summed E-state index contributed by atoms with van der Waals surface area (Å²) in [4.78, 5) is 37.0. The molecule has 0 aliphatic heterocycles. The Bertz CT molecular complexity index is 786. The van der Waals surface area contributed by atoms with Gasteiger partial charge in [0.25, 0.3) is 5.91 Å². The van der Waals surface area contributed by atoms with Crippen LogP contribution < -0.4 is 15.4 Å². The van der Waals surface area contributed by atoms with Gasteiger partial charge in [-0.2, -0.15) is 0 Å². The molecule has 2 amide bonds. The molecule has 2 N–H and O–H groups in total. The molecule has 7 heteroatoms. The average molecular weight is 415 g/mol. The summed E-state index contributed by atoms with van der Waals surface area (Å²) in [7, 11) is 0. The fraction of sp³-hybridized carbons (Fsp3) is 0.609. The van der Waals surface area contributed by atoms with Crippen LogP contribution in [0.25, 0.3) is 0 Å². The van der Waals surface area contributed by atoms with Crippen molar-refractivity contribution < 1.29 is 23.9 Å². The van der Waals surface area contributed by atoms with E-state index in [0.29, 0.717) is 35.8 Å². The number of carbonyl (C=O) groups is 3. The van der Waals surface area contributed by atoms with Crippen LogP contribution in [0.1, 0.15) is 45.4 Å². The summed E-state index contributed by atoms with van der Waals surface area (Å²) in [6.45, 7) is 1.72. The number of rotatable bonds is 8. The first kappa shape index (κ1) is 20.7. The summed E-state index contributed by atoms with van der Waals surface area (Å²) in [5.74, 6) is 1.46. The predicted octanol–water partition coefficient (Wildman–Crippen LogP) is 2.90. The van der Waals surface area contributed by atoms with Crippen LogP contribution in [0, 0.1) is 23.2 Å². The fourth-order valence-electron chi connectivity index (χ4n) is 5.96. The Hall–Kier alpha value is -2.57. The molecule has 5 rings (SSSR count). The van der Waals surface area contributed by atoms with Crippen LogP contribution in [0.2, 0.25) is 0 Å². The summed E-state index contributed by atoms with van der Waals surface area (Å²) in [6.07, 6.45) is 6.62. The molecule has 1 aromatic rings. The first-order valence-corrected chi connectivity index (χ1v) is 10.9. The Morgan fingerprint density at radius 2 is 1.67 bits per heavy atom. The molecule has 4 fully saturated rings. The SMILES string of the molecule is CCOc1ccccc1NC(=O)COC(=O)CNC(=O)C12CC3CC(CC(C3)C1)C2. The van der Waals surface area contributed by atoms with E-state index in [2.05, 4.69) is 10.6 Å². The first-order chi connectivity index (χ1) is 14.5. The number of amides is 2. The molecular formula is C23H30N2O5. The maximum absolute atomic E-state index is 12.9.